The number of halogens is 1. The lowest BCUT2D eigenvalue weighted by Gasteiger charge is -2.29. The Morgan fingerprint density at radius 1 is 1.26 bits per heavy atom. The Labute approximate surface area is 158 Å². The molecule has 1 aromatic carbocycles. The summed E-state index contributed by atoms with van der Waals surface area (Å²) in [7, 11) is 1.47. The maximum atomic E-state index is 13.8. The standard InChI is InChI=1S/C22H22FN3O/c1-15-18-7-10-24-22(18)25-14-20(15)26-11-8-16(9-12-26)3-4-17-5-6-21(27-2)19(23)13-17/h3-8,10,13-14H,9,11-12H2,1-2H3,(H,24,25). The number of aryl methyl sites for hydroxylation is 1. The first-order valence-corrected chi connectivity index (χ1v) is 9.04. The molecule has 0 radical (unpaired) electrons. The second kappa shape index (κ2) is 7.27. The summed E-state index contributed by atoms with van der Waals surface area (Å²) < 4.78 is 18.7. The summed E-state index contributed by atoms with van der Waals surface area (Å²) in [6.07, 6.45) is 11.1. The molecular weight excluding hydrogens is 341 g/mol. The van der Waals surface area contributed by atoms with Gasteiger partial charge in [-0.3, -0.25) is 0 Å². The van der Waals surface area contributed by atoms with Gasteiger partial charge >= 0.3 is 0 Å². The number of rotatable bonds is 4. The van der Waals surface area contributed by atoms with Crippen LogP contribution in [0.25, 0.3) is 17.1 Å². The van der Waals surface area contributed by atoms with Crippen molar-refractivity contribution in [3.05, 3.63) is 71.3 Å². The fourth-order valence-electron chi connectivity index (χ4n) is 3.49. The molecule has 4 rings (SSSR count). The van der Waals surface area contributed by atoms with Crippen molar-refractivity contribution >= 4 is 22.8 Å². The monoisotopic (exact) mass is 363 g/mol. The molecule has 0 aliphatic carbocycles. The molecule has 1 N–H and O–H groups in total. The third-order valence-corrected chi connectivity index (χ3v) is 5.08. The molecule has 0 spiro atoms. The fraction of sp³-hybridized carbons (Fsp3) is 0.227. The summed E-state index contributed by atoms with van der Waals surface area (Å²) in [6.45, 7) is 3.92. The molecule has 0 saturated carbocycles. The van der Waals surface area contributed by atoms with Gasteiger partial charge in [-0.15, -0.1) is 0 Å². The minimum atomic E-state index is -0.341. The van der Waals surface area contributed by atoms with Crippen LogP contribution in [0.2, 0.25) is 0 Å². The summed E-state index contributed by atoms with van der Waals surface area (Å²) >= 11 is 0. The van der Waals surface area contributed by atoms with Crippen LogP contribution in [0.1, 0.15) is 17.5 Å². The number of allylic oxidation sites excluding steroid dienone is 1. The SMILES string of the molecule is COc1ccc(C=CC2=CCN(c3cnc4[nH]ccc4c3C)CC2)cc1F. The van der Waals surface area contributed by atoms with Gasteiger partial charge in [-0.2, -0.15) is 0 Å². The molecule has 0 atom stereocenters. The van der Waals surface area contributed by atoms with E-state index in [-0.39, 0.29) is 11.6 Å². The summed E-state index contributed by atoms with van der Waals surface area (Å²) in [5.74, 6) is -0.0744. The van der Waals surface area contributed by atoms with Crippen molar-refractivity contribution in [2.75, 3.05) is 25.1 Å². The second-order valence-electron chi connectivity index (χ2n) is 6.71. The molecule has 3 aromatic rings. The number of anilines is 1. The number of nitrogens with one attached hydrogen (secondary N) is 1. The van der Waals surface area contributed by atoms with Crippen LogP contribution in [0, 0.1) is 12.7 Å². The highest BCUT2D eigenvalue weighted by Crippen LogP contribution is 2.28. The number of fused-ring (bicyclic) bond motifs is 1. The number of methoxy groups -OCH3 is 1. The normalized spacial score (nSPS) is 14.8. The highest BCUT2D eigenvalue weighted by molar-refractivity contribution is 5.84. The number of H-pyrrole nitrogens is 1. The van der Waals surface area contributed by atoms with Crippen LogP contribution in [-0.4, -0.2) is 30.2 Å². The minimum absolute atomic E-state index is 0.267. The van der Waals surface area contributed by atoms with E-state index in [0.29, 0.717) is 0 Å². The van der Waals surface area contributed by atoms with E-state index in [1.807, 2.05) is 24.5 Å². The molecule has 3 heterocycles. The van der Waals surface area contributed by atoms with E-state index in [0.717, 1.165) is 30.7 Å². The predicted molar refractivity (Wildman–Crippen MR) is 108 cm³/mol. The van der Waals surface area contributed by atoms with Gasteiger partial charge in [0.25, 0.3) is 0 Å². The van der Waals surface area contributed by atoms with E-state index in [1.165, 1.54) is 35.4 Å². The second-order valence-corrected chi connectivity index (χ2v) is 6.71. The molecule has 0 amide bonds. The summed E-state index contributed by atoms with van der Waals surface area (Å²) in [4.78, 5) is 10.0. The third-order valence-electron chi connectivity index (χ3n) is 5.08. The summed E-state index contributed by atoms with van der Waals surface area (Å²) in [5.41, 5.74) is 5.45. The van der Waals surface area contributed by atoms with Crippen LogP contribution in [0.3, 0.4) is 0 Å². The van der Waals surface area contributed by atoms with Crippen LogP contribution in [0.15, 0.2) is 54.4 Å². The molecule has 2 aromatic heterocycles. The van der Waals surface area contributed by atoms with Crippen molar-refractivity contribution in [2.45, 2.75) is 13.3 Å². The van der Waals surface area contributed by atoms with E-state index < -0.39 is 0 Å². The molecule has 5 heteroatoms. The van der Waals surface area contributed by atoms with E-state index in [2.05, 4.69) is 40.0 Å². The van der Waals surface area contributed by atoms with Crippen molar-refractivity contribution < 1.29 is 9.13 Å². The van der Waals surface area contributed by atoms with E-state index >= 15 is 0 Å². The molecule has 4 nitrogen and oxygen atoms in total. The predicted octanol–water partition coefficient (Wildman–Crippen LogP) is 4.87. The molecule has 1 aliphatic heterocycles. The topological polar surface area (TPSA) is 41.1 Å². The largest absolute Gasteiger partial charge is 0.494 e. The van der Waals surface area contributed by atoms with Gasteiger partial charge in [-0.05, 0) is 48.2 Å². The molecule has 27 heavy (non-hydrogen) atoms. The molecule has 0 unspecified atom stereocenters. The van der Waals surface area contributed by atoms with Crippen molar-refractivity contribution in [1.29, 1.82) is 0 Å². The molecule has 138 valence electrons. The van der Waals surface area contributed by atoms with Gasteiger partial charge < -0.3 is 14.6 Å². The highest BCUT2D eigenvalue weighted by atomic mass is 19.1. The smallest absolute Gasteiger partial charge is 0.165 e. The van der Waals surface area contributed by atoms with Crippen molar-refractivity contribution in [3.63, 3.8) is 0 Å². The zero-order valence-corrected chi connectivity index (χ0v) is 15.5. The number of pyridine rings is 1. The van der Waals surface area contributed by atoms with Crippen LogP contribution in [0.4, 0.5) is 10.1 Å². The molecule has 0 saturated heterocycles. The van der Waals surface area contributed by atoms with Crippen LogP contribution < -0.4 is 9.64 Å². The molecular formula is C22H22FN3O. The molecule has 0 bridgehead atoms. The molecule has 1 aliphatic rings. The average molecular weight is 363 g/mol. The number of benzene rings is 1. The van der Waals surface area contributed by atoms with Crippen LogP contribution in [0.5, 0.6) is 5.75 Å². The maximum Gasteiger partial charge on any atom is 0.165 e. The summed E-state index contributed by atoms with van der Waals surface area (Å²) in [5, 5.41) is 1.17. The first-order valence-electron chi connectivity index (χ1n) is 9.04. The van der Waals surface area contributed by atoms with E-state index in [9.17, 15) is 4.39 Å². The Morgan fingerprint density at radius 2 is 2.15 bits per heavy atom. The van der Waals surface area contributed by atoms with Crippen molar-refractivity contribution in [3.8, 4) is 5.75 Å². The van der Waals surface area contributed by atoms with Gasteiger partial charge in [0, 0.05) is 24.7 Å². The Morgan fingerprint density at radius 3 is 2.89 bits per heavy atom. The maximum absolute atomic E-state index is 13.8. The van der Waals surface area contributed by atoms with Crippen molar-refractivity contribution in [2.24, 2.45) is 0 Å². The zero-order chi connectivity index (χ0) is 18.8. The first kappa shape index (κ1) is 17.3. The Kier molecular flexibility index (Phi) is 4.67. The van der Waals surface area contributed by atoms with E-state index in [1.54, 1.807) is 6.07 Å². The number of ether oxygens (including phenoxy) is 1. The van der Waals surface area contributed by atoms with Gasteiger partial charge in [-0.1, -0.05) is 24.3 Å². The number of nitrogens with zero attached hydrogens (tertiary/aromatic N) is 2. The zero-order valence-electron chi connectivity index (χ0n) is 15.5. The van der Waals surface area contributed by atoms with Crippen LogP contribution >= 0.6 is 0 Å². The van der Waals surface area contributed by atoms with E-state index in [4.69, 9.17) is 4.74 Å². The fourth-order valence-corrected chi connectivity index (χ4v) is 3.49. The lowest BCUT2D eigenvalue weighted by molar-refractivity contribution is 0.386. The first-order chi connectivity index (χ1) is 13.2. The molecule has 0 fully saturated rings. The summed E-state index contributed by atoms with van der Waals surface area (Å²) in [6, 6.07) is 7.07. The number of hydrogen-bond acceptors (Lipinski definition) is 3. The number of aromatic nitrogens is 2. The highest BCUT2D eigenvalue weighted by Gasteiger charge is 2.15. The Hall–Kier alpha value is -3.08. The van der Waals surface area contributed by atoms with Gasteiger partial charge in [-0.25, -0.2) is 9.37 Å². The minimum Gasteiger partial charge on any atom is -0.494 e. The van der Waals surface area contributed by atoms with Crippen molar-refractivity contribution in [1.82, 2.24) is 9.97 Å². The Balaban J connectivity index is 1.48. The lowest BCUT2D eigenvalue weighted by atomic mass is 10.0. The number of hydrogen-bond donors (Lipinski definition) is 1. The van der Waals surface area contributed by atoms with Gasteiger partial charge in [0.15, 0.2) is 11.6 Å². The van der Waals surface area contributed by atoms with Gasteiger partial charge in [0.1, 0.15) is 5.65 Å². The third kappa shape index (κ3) is 3.45. The average Bonchev–Trinajstić information content (AvgIpc) is 3.17. The lowest BCUT2D eigenvalue weighted by Crippen LogP contribution is -2.29. The van der Waals surface area contributed by atoms with Gasteiger partial charge in [0.05, 0.1) is 19.0 Å². The quantitative estimate of drug-likeness (QED) is 0.719. The van der Waals surface area contributed by atoms with Crippen LogP contribution in [-0.2, 0) is 0 Å². The Bertz CT molecular complexity index is 1040. The van der Waals surface area contributed by atoms with Gasteiger partial charge in [0.2, 0.25) is 0 Å². The number of aromatic amines is 1.